The van der Waals surface area contributed by atoms with Gasteiger partial charge < -0.3 is 10.0 Å². The van der Waals surface area contributed by atoms with Crippen LogP contribution in [0, 0.1) is 11.8 Å². The van der Waals surface area contributed by atoms with Crippen molar-refractivity contribution in [1.82, 2.24) is 4.98 Å². The van der Waals surface area contributed by atoms with E-state index in [4.69, 9.17) is 5.11 Å². The summed E-state index contributed by atoms with van der Waals surface area (Å²) in [5.74, 6) is 0.504. The van der Waals surface area contributed by atoms with Crippen LogP contribution in [0.1, 0.15) is 29.9 Å². The average Bonchev–Trinajstić information content (AvgIpc) is 2.86. The fourth-order valence-corrected chi connectivity index (χ4v) is 2.80. The molecular formula is C11H16N2O2S. The molecule has 0 spiro atoms. The third-order valence-corrected chi connectivity index (χ3v) is 4.19. The highest BCUT2D eigenvalue weighted by molar-refractivity contribution is 7.17. The molecule has 4 nitrogen and oxygen atoms in total. The Labute approximate surface area is 98.9 Å². The van der Waals surface area contributed by atoms with Crippen LogP contribution in [0.2, 0.25) is 0 Å². The van der Waals surface area contributed by atoms with E-state index < -0.39 is 5.97 Å². The van der Waals surface area contributed by atoms with Crippen molar-refractivity contribution in [3.63, 3.8) is 0 Å². The number of hydrogen-bond donors (Lipinski definition) is 1. The van der Waals surface area contributed by atoms with Crippen LogP contribution in [0.25, 0.3) is 0 Å². The van der Waals surface area contributed by atoms with Gasteiger partial charge in [0.25, 0.3) is 0 Å². The van der Waals surface area contributed by atoms with Crippen molar-refractivity contribution in [2.24, 2.45) is 11.8 Å². The molecule has 0 aromatic carbocycles. The summed E-state index contributed by atoms with van der Waals surface area (Å²) in [5.41, 5.74) is 0. The number of hydrogen-bond acceptors (Lipinski definition) is 4. The number of anilines is 1. The highest BCUT2D eigenvalue weighted by Gasteiger charge is 2.26. The molecule has 1 saturated heterocycles. The van der Waals surface area contributed by atoms with E-state index in [1.165, 1.54) is 24.0 Å². The number of carbonyl (C=O) groups is 1. The van der Waals surface area contributed by atoms with E-state index in [9.17, 15) is 4.79 Å². The van der Waals surface area contributed by atoms with Crippen LogP contribution in [0.15, 0.2) is 6.20 Å². The number of aromatic nitrogens is 1. The number of thiazole rings is 1. The second kappa shape index (κ2) is 4.41. The fourth-order valence-electron chi connectivity index (χ4n) is 2.02. The summed E-state index contributed by atoms with van der Waals surface area (Å²) < 4.78 is 0. The number of carboxylic acid groups (broad SMARTS) is 1. The molecule has 88 valence electrons. The van der Waals surface area contributed by atoms with Crippen LogP contribution in [-0.4, -0.2) is 29.1 Å². The van der Waals surface area contributed by atoms with Gasteiger partial charge in [-0.15, -0.1) is 0 Å². The zero-order chi connectivity index (χ0) is 11.7. The summed E-state index contributed by atoms with van der Waals surface area (Å²) in [5, 5.41) is 9.68. The van der Waals surface area contributed by atoms with Crippen molar-refractivity contribution < 1.29 is 9.90 Å². The Kier molecular flexibility index (Phi) is 3.14. The Morgan fingerprint density at radius 1 is 1.69 bits per heavy atom. The van der Waals surface area contributed by atoms with Gasteiger partial charge in [0, 0.05) is 13.1 Å². The van der Waals surface area contributed by atoms with Crippen LogP contribution in [0.4, 0.5) is 5.13 Å². The van der Waals surface area contributed by atoms with Gasteiger partial charge in [-0.2, -0.15) is 0 Å². The molecule has 1 aromatic rings. The Hall–Kier alpha value is -1.10. The molecule has 2 rings (SSSR count). The maximum Gasteiger partial charge on any atom is 0.347 e. The minimum atomic E-state index is -0.886. The SMILES string of the molecule is CC(C)C1CCN(c2ncc(C(=O)O)s2)C1. The van der Waals surface area contributed by atoms with Crippen LogP contribution in [-0.2, 0) is 0 Å². The molecule has 0 radical (unpaired) electrons. The first-order valence-corrected chi connectivity index (χ1v) is 6.33. The number of rotatable bonds is 3. The average molecular weight is 240 g/mol. The Balaban J connectivity index is 2.06. The lowest BCUT2D eigenvalue weighted by Gasteiger charge is -2.16. The molecule has 0 amide bonds. The van der Waals surface area contributed by atoms with E-state index in [1.807, 2.05) is 0 Å². The largest absolute Gasteiger partial charge is 0.477 e. The summed E-state index contributed by atoms with van der Waals surface area (Å²) in [7, 11) is 0. The zero-order valence-electron chi connectivity index (χ0n) is 9.51. The third kappa shape index (κ3) is 2.19. The quantitative estimate of drug-likeness (QED) is 0.881. The first-order valence-electron chi connectivity index (χ1n) is 5.52. The minimum absolute atomic E-state index is 0.322. The number of aromatic carboxylic acids is 1. The molecule has 2 heterocycles. The van der Waals surface area contributed by atoms with Crippen molar-refractivity contribution in [1.29, 1.82) is 0 Å². The molecule has 1 aliphatic heterocycles. The molecule has 0 aliphatic carbocycles. The Morgan fingerprint density at radius 2 is 2.44 bits per heavy atom. The van der Waals surface area contributed by atoms with Gasteiger partial charge in [-0.05, 0) is 18.3 Å². The van der Waals surface area contributed by atoms with Crippen LogP contribution in [0.3, 0.4) is 0 Å². The van der Waals surface area contributed by atoms with Gasteiger partial charge in [0.15, 0.2) is 5.13 Å². The molecule has 5 heteroatoms. The van der Waals surface area contributed by atoms with E-state index in [2.05, 4.69) is 23.7 Å². The lowest BCUT2D eigenvalue weighted by Crippen LogP contribution is -2.20. The summed E-state index contributed by atoms with van der Waals surface area (Å²) >= 11 is 1.27. The Bertz CT molecular complexity index is 389. The van der Waals surface area contributed by atoms with E-state index in [-0.39, 0.29) is 0 Å². The van der Waals surface area contributed by atoms with Crippen LogP contribution in [0.5, 0.6) is 0 Å². The lowest BCUT2D eigenvalue weighted by atomic mass is 9.95. The standard InChI is InChI=1S/C11H16N2O2S/c1-7(2)8-3-4-13(6-8)11-12-5-9(16-11)10(14)15/h5,7-8H,3-4,6H2,1-2H3,(H,14,15). The molecule has 0 bridgehead atoms. The molecule has 1 fully saturated rings. The Morgan fingerprint density at radius 3 is 2.94 bits per heavy atom. The molecule has 0 saturated carbocycles. The molecule has 1 aliphatic rings. The van der Waals surface area contributed by atoms with E-state index in [0.29, 0.717) is 16.7 Å². The molecule has 1 aromatic heterocycles. The van der Waals surface area contributed by atoms with Crippen molar-refractivity contribution >= 4 is 22.4 Å². The highest BCUT2D eigenvalue weighted by Crippen LogP contribution is 2.30. The number of nitrogens with zero attached hydrogens (tertiary/aromatic N) is 2. The number of carboxylic acids is 1. The first-order chi connectivity index (χ1) is 7.58. The second-order valence-corrected chi connectivity index (χ2v) is 5.56. The molecule has 16 heavy (non-hydrogen) atoms. The van der Waals surface area contributed by atoms with Crippen molar-refractivity contribution in [3.8, 4) is 0 Å². The second-order valence-electron chi connectivity index (χ2n) is 4.55. The van der Waals surface area contributed by atoms with Crippen LogP contribution >= 0.6 is 11.3 Å². The van der Waals surface area contributed by atoms with Crippen LogP contribution < -0.4 is 4.90 Å². The maximum absolute atomic E-state index is 10.8. The van der Waals surface area contributed by atoms with Crippen molar-refractivity contribution in [2.75, 3.05) is 18.0 Å². The van der Waals surface area contributed by atoms with Gasteiger partial charge in [-0.25, -0.2) is 9.78 Å². The topological polar surface area (TPSA) is 53.4 Å². The van der Waals surface area contributed by atoms with Gasteiger partial charge in [-0.1, -0.05) is 25.2 Å². The van der Waals surface area contributed by atoms with Crippen molar-refractivity contribution in [2.45, 2.75) is 20.3 Å². The summed E-state index contributed by atoms with van der Waals surface area (Å²) in [6.45, 7) is 6.47. The summed E-state index contributed by atoms with van der Waals surface area (Å²) in [4.78, 5) is 17.4. The van der Waals surface area contributed by atoms with E-state index >= 15 is 0 Å². The normalized spacial score (nSPS) is 20.7. The fraction of sp³-hybridized carbons (Fsp3) is 0.636. The monoisotopic (exact) mass is 240 g/mol. The van der Waals surface area contributed by atoms with Gasteiger partial charge in [0.05, 0.1) is 6.20 Å². The van der Waals surface area contributed by atoms with Crippen molar-refractivity contribution in [3.05, 3.63) is 11.1 Å². The predicted octanol–water partition coefficient (Wildman–Crippen LogP) is 2.32. The minimum Gasteiger partial charge on any atom is -0.477 e. The summed E-state index contributed by atoms with van der Waals surface area (Å²) in [6, 6.07) is 0. The third-order valence-electron chi connectivity index (χ3n) is 3.14. The molecule has 1 N–H and O–H groups in total. The van der Waals surface area contributed by atoms with Gasteiger partial charge in [-0.3, -0.25) is 0 Å². The maximum atomic E-state index is 10.8. The molecular weight excluding hydrogens is 224 g/mol. The zero-order valence-corrected chi connectivity index (χ0v) is 10.3. The van der Waals surface area contributed by atoms with Gasteiger partial charge in [0.1, 0.15) is 4.88 Å². The van der Waals surface area contributed by atoms with Gasteiger partial charge >= 0.3 is 5.97 Å². The van der Waals surface area contributed by atoms with E-state index in [0.717, 1.165) is 18.2 Å². The molecule has 1 atom stereocenters. The smallest absolute Gasteiger partial charge is 0.347 e. The first kappa shape index (κ1) is 11.4. The highest BCUT2D eigenvalue weighted by atomic mass is 32.1. The van der Waals surface area contributed by atoms with E-state index in [1.54, 1.807) is 0 Å². The molecule has 1 unspecified atom stereocenters. The van der Waals surface area contributed by atoms with Gasteiger partial charge in [0.2, 0.25) is 0 Å². The lowest BCUT2D eigenvalue weighted by molar-refractivity contribution is 0.0702. The summed E-state index contributed by atoms with van der Waals surface area (Å²) in [6.07, 6.45) is 2.63. The predicted molar refractivity (Wildman–Crippen MR) is 64.2 cm³/mol.